The predicted octanol–water partition coefficient (Wildman–Crippen LogP) is 2.86. The zero-order chi connectivity index (χ0) is 19.8. The fourth-order valence-electron chi connectivity index (χ4n) is 2.75. The number of esters is 1. The molecule has 1 amide bonds. The molecule has 28 heavy (non-hydrogen) atoms. The van der Waals surface area contributed by atoms with Crippen molar-refractivity contribution in [1.82, 2.24) is 5.32 Å². The van der Waals surface area contributed by atoms with Gasteiger partial charge in [0.15, 0.2) is 6.61 Å². The summed E-state index contributed by atoms with van der Waals surface area (Å²) in [5.74, 6) is -0.892. The van der Waals surface area contributed by atoms with Crippen LogP contribution in [-0.4, -0.2) is 37.8 Å². The van der Waals surface area contributed by atoms with Crippen LogP contribution in [0.15, 0.2) is 48.5 Å². The molecule has 6 nitrogen and oxygen atoms in total. The lowest BCUT2D eigenvalue weighted by atomic mass is 10.2. The van der Waals surface area contributed by atoms with Crippen LogP contribution in [0, 0.1) is 5.82 Å². The molecule has 0 saturated carbocycles. The molecule has 1 heterocycles. The van der Waals surface area contributed by atoms with Crippen LogP contribution in [-0.2, 0) is 20.8 Å². The minimum Gasteiger partial charge on any atom is -0.491 e. The van der Waals surface area contributed by atoms with Crippen LogP contribution >= 0.6 is 0 Å². The first-order valence-corrected chi connectivity index (χ1v) is 9.13. The molecule has 0 unspecified atom stereocenters. The van der Waals surface area contributed by atoms with E-state index < -0.39 is 24.3 Å². The fourth-order valence-corrected chi connectivity index (χ4v) is 2.75. The van der Waals surface area contributed by atoms with Gasteiger partial charge >= 0.3 is 5.97 Å². The van der Waals surface area contributed by atoms with Gasteiger partial charge in [0.25, 0.3) is 5.91 Å². The first kappa shape index (κ1) is 19.8. The maximum atomic E-state index is 13.5. The first-order valence-electron chi connectivity index (χ1n) is 9.13. The summed E-state index contributed by atoms with van der Waals surface area (Å²) in [6, 6.07) is 12.6. The van der Waals surface area contributed by atoms with Crippen LogP contribution in [0.1, 0.15) is 28.8 Å². The molecule has 0 bridgehead atoms. The molecule has 1 aliphatic heterocycles. The molecule has 2 aromatic rings. The highest BCUT2D eigenvalue weighted by Crippen LogP contribution is 2.17. The van der Waals surface area contributed by atoms with Crippen LogP contribution in [0.25, 0.3) is 0 Å². The Labute approximate surface area is 162 Å². The Hall–Kier alpha value is -2.93. The quantitative estimate of drug-likeness (QED) is 0.705. The molecule has 0 aliphatic carbocycles. The second-order valence-electron chi connectivity index (χ2n) is 6.41. The standard InChI is InChI=1S/C21H22FNO5/c22-19-6-2-1-4-16(19)12-23-20(24)14-28-21(25)15-7-9-17(10-8-15)27-13-18-5-3-11-26-18/h1-2,4,6-10,18H,3,5,11-14H2,(H,23,24)/t18-/m1/s1. The van der Waals surface area contributed by atoms with E-state index in [0.29, 0.717) is 23.5 Å². The lowest BCUT2D eigenvalue weighted by molar-refractivity contribution is -0.124. The molecule has 148 valence electrons. The second-order valence-corrected chi connectivity index (χ2v) is 6.41. The van der Waals surface area contributed by atoms with Crippen molar-refractivity contribution in [1.29, 1.82) is 0 Å². The van der Waals surface area contributed by atoms with Gasteiger partial charge in [0.2, 0.25) is 0 Å². The molecule has 0 spiro atoms. The third kappa shape index (κ3) is 5.79. The van der Waals surface area contributed by atoms with E-state index in [0.717, 1.165) is 19.4 Å². The number of nitrogens with one attached hydrogen (secondary N) is 1. The Morgan fingerprint density at radius 1 is 1.14 bits per heavy atom. The Morgan fingerprint density at radius 3 is 2.64 bits per heavy atom. The number of carbonyl (C=O) groups is 2. The maximum Gasteiger partial charge on any atom is 0.338 e. The van der Waals surface area contributed by atoms with Crippen molar-refractivity contribution in [2.45, 2.75) is 25.5 Å². The molecule has 2 aromatic carbocycles. The molecule has 1 saturated heterocycles. The maximum absolute atomic E-state index is 13.5. The minimum atomic E-state index is -0.619. The van der Waals surface area contributed by atoms with E-state index in [1.54, 1.807) is 42.5 Å². The molecule has 1 fully saturated rings. The van der Waals surface area contributed by atoms with Gasteiger partial charge in [-0.05, 0) is 43.2 Å². The van der Waals surface area contributed by atoms with Crippen molar-refractivity contribution in [3.63, 3.8) is 0 Å². The average molecular weight is 387 g/mol. The normalized spacial score (nSPS) is 15.8. The van der Waals surface area contributed by atoms with Gasteiger partial charge in [-0.2, -0.15) is 0 Å². The highest BCUT2D eigenvalue weighted by Gasteiger charge is 2.16. The molecule has 7 heteroatoms. The Balaban J connectivity index is 1.40. The zero-order valence-electron chi connectivity index (χ0n) is 15.4. The smallest absolute Gasteiger partial charge is 0.338 e. The van der Waals surface area contributed by atoms with Crippen molar-refractivity contribution in [2.24, 2.45) is 0 Å². The van der Waals surface area contributed by atoms with E-state index in [4.69, 9.17) is 14.2 Å². The van der Waals surface area contributed by atoms with Gasteiger partial charge in [0.05, 0.1) is 11.7 Å². The van der Waals surface area contributed by atoms with Crippen LogP contribution in [0.4, 0.5) is 4.39 Å². The molecular formula is C21H22FNO5. The number of carbonyl (C=O) groups excluding carboxylic acids is 2. The van der Waals surface area contributed by atoms with Gasteiger partial charge in [-0.25, -0.2) is 9.18 Å². The molecule has 1 N–H and O–H groups in total. The number of ether oxygens (including phenoxy) is 3. The van der Waals surface area contributed by atoms with E-state index in [-0.39, 0.29) is 12.6 Å². The molecule has 3 rings (SSSR count). The summed E-state index contributed by atoms with van der Waals surface area (Å²) in [5, 5.41) is 2.51. The summed E-state index contributed by atoms with van der Waals surface area (Å²) >= 11 is 0. The lowest BCUT2D eigenvalue weighted by Crippen LogP contribution is -2.28. The lowest BCUT2D eigenvalue weighted by Gasteiger charge is -2.11. The first-order chi connectivity index (χ1) is 13.6. The number of hydrogen-bond donors (Lipinski definition) is 1. The average Bonchev–Trinajstić information content (AvgIpc) is 3.24. The monoisotopic (exact) mass is 387 g/mol. The van der Waals surface area contributed by atoms with E-state index in [1.807, 2.05) is 0 Å². The second kappa shape index (κ2) is 9.85. The van der Waals surface area contributed by atoms with Crippen molar-refractivity contribution < 1.29 is 28.2 Å². The Kier molecular flexibility index (Phi) is 6.97. The summed E-state index contributed by atoms with van der Waals surface area (Å²) in [4.78, 5) is 23.8. The van der Waals surface area contributed by atoms with E-state index in [2.05, 4.69) is 5.32 Å². The van der Waals surface area contributed by atoms with Gasteiger partial charge in [-0.15, -0.1) is 0 Å². The fraction of sp³-hybridized carbons (Fsp3) is 0.333. The van der Waals surface area contributed by atoms with Crippen molar-refractivity contribution in [3.05, 3.63) is 65.5 Å². The summed E-state index contributed by atoms with van der Waals surface area (Å²) in [6.07, 6.45) is 2.16. The SMILES string of the molecule is O=C(COC(=O)c1ccc(OC[C@H]2CCCO2)cc1)NCc1ccccc1F. The molecular weight excluding hydrogens is 365 g/mol. The molecule has 1 aliphatic rings. The summed E-state index contributed by atoms with van der Waals surface area (Å²) < 4.78 is 29.6. The van der Waals surface area contributed by atoms with Gasteiger partial charge in [0, 0.05) is 18.7 Å². The van der Waals surface area contributed by atoms with Crippen molar-refractivity contribution in [3.8, 4) is 5.75 Å². The van der Waals surface area contributed by atoms with Gasteiger partial charge in [-0.3, -0.25) is 4.79 Å². The van der Waals surface area contributed by atoms with E-state index >= 15 is 0 Å². The Morgan fingerprint density at radius 2 is 1.93 bits per heavy atom. The highest BCUT2D eigenvalue weighted by molar-refractivity contribution is 5.91. The summed E-state index contributed by atoms with van der Waals surface area (Å²) in [7, 11) is 0. The molecule has 0 aromatic heterocycles. The van der Waals surface area contributed by atoms with Crippen LogP contribution < -0.4 is 10.1 Å². The number of benzene rings is 2. The van der Waals surface area contributed by atoms with Crippen molar-refractivity contribution >= 4 is 11.9 Å². The van der Waals surface area contributed by atoms with Crippen LogP contribution in [0.5, 0.6) is 5.75 Å². The third-order valence-corrected chi connectivity index (χ3v) is 4.32. The van der Waals surface area contributed by atoms with E-state index in [1.165, 1.54) is 6.07 Å². The van der Waals surface area contributed by atoms with Gasteiger partial charge in [-0.1, -0.05) is 18.2 Å². The van der Waals surface area contributed by atoms with E-state index in [9.17, 15) is 14.0 Å². The highest BCUT2D eigenvalue weighted by atomic mass is 19.1. The molecule has 0 radical (unpaired) electrons. The third-order valence-electron chi connectivity index (χ3n) is 4.32. The summed E-state index contributed by atoms with van der Waals surface area (Å²) in [6.45, 7) is 0.836. The predicted molar refractivity (Wildman–Crippen MR) is 99.4 cm³/mol. The topological polar surface area (TPSA) is 73.9 Å². The summed E-state index contributed by atoms with van der Waals surface area (Å²) in [5.41, 5.74) is 0.673. The van der Waals surface area contributed by atoms with Crippen molar-refractivity contribution in [2.75, 3.05) is 19.8 Å². The largest absolute Gasteiger partial charge is 0.491 e. The van der Waals surface area contributed by atoms with Gasteiger partial charge in [0.1, 0.15) is 18.2 Å². The van der Waals surface area contributed by atoms with Crippen LogP contribution in [0.2, 0.25) is 0 Å². The Bertz CT molecular complexity index is 803. The minimum absolute atomic E-state index is 0.0276. The molecule has 1 atom stereocenters. The number of rotatable bonds is 8. The zero-order valence-corrected chi connectivity index (χ0v) is 15.4. The number of halogens is 1. The number of hydrogen-bond acceptors (Lipinski definition) is 5. The van der Waals surface area contributed by atoms with Gasteiger partial charge < -0.3 is 19.5 Å². The number of amides is 1. The van der Waals surface area contributed by atoms with Crippen LogP contribution in [0.3, 0.4) is 0 Å².